The number of ketones is 1. The van der Waals surface area contributed by atoms with Crippen LogP contribution < -0.4 is 5.43 Å². The summed E-state index contributed by atoms with van der Waals surface area (Å²) >= 11 is 0. The van der Waals surface area contributed by atoms with E-state index in [1.165, 1.54) is 0 Å². The molecule has 142 valence electrons. The maximum Gasteiger partial charge on any atom is 0.271 e. The lowest BCUT2D eigenvalue weighted by atomic mass is 10.1. The number of hydrogen-bond donors (Lipinski definition) is 1. The zero-order chi connectivity index (χ0) is 20.1. The van der Waals surface area contributed by atoms with Gasteiger partial charge in [0.1, 0.15) is 11.5 Å². The van der Waals surface area contributed by atoms with Crippen molar-refractivity contribution < 1.29 is 9.59 Å². The van der Waals surface area contributed by atoms with E-state index >= 15 is 0 Å². The molecule has 4 aromatic rings. The number of hydrazone groups is 1. The van der Waals surface area contributed by atoms with Gasteiger partial charge in [0.25, 0.3) is 5.91 Å². The Bertz CT molecular complexity index is 1360. The van der Waals surface area contributed by atoms with Crippen LogP contribution in [0.1, 0.15) is 39.0 Å². The number of fused-ring (bicyclic) bond motifs is 1. The van der Waals surface area contributed by atoms with Crippen LogP contribution in [-0.2, 0) is 6.54 Å². The zero-order valence-electron chi connectivity index (χ0n) is 16.1. The minimum Gasteiger partial charge on any atom is -0.329 e. The summed E-state index contributed by atoms with van der Waals surface area (Å²) in [6.07, 6.45) is 0. The number of benzene rings is 3. The number of hydrogen-bond acceptors (Lipinski definition) is 4. The molecule has 1 amide bonds. The van der Waals surface area contributed by atoms with Crippen LogP contribution in [0.5, 0.6) is 0 Å². The Balaban J connectivity index is 1.48. The number of carbonyl (C=O) groups is 2. The highest BCUT2D eigenvalue weighted by Crippen LogP contribution is 2.30. The van der Waals surface area contributed by atoms with Gasteiger partial charge in [0.15, 0.2) is 0 Å². The summed E-state index contributed by atoms with van der Waals surface area (Å²) in [5.74, 6) is 0.353. The van der Waals surface area contributed by atoms with E-state index in [1.54, 1.807) is 18.2 Å². The number of nitrogens with zero attached hydrogens (tertiary/aromatic N) is 3. The molecule has 0 saturated carbocycles. The molecule has 1 heterocycles. The predicted molar refractivity (Wildman–Crippen MR) is 112 cm³/mol. The molecule has 6 heteroatoms. The Morgan fingerprint density at radius 1 is 1.10 bits per heavy atom. The molecule has 0 spiro atoms. The molecule has 1 aliphatic rings. The third-order valence-electron chi connectivity index (χ3n) is 5.41. The molecule has 1 aromatic heterocycles. The normalized spacial score (nSPS) is 14.3. The highest BCUT2D eigenvalue weighted by Gasteiger charge is 2.29. The van der Waals surface area contributed by atoms with E-state index in [0.29, 0.717) is 11.1 Å². The smallest absolute Gasteiger partial charge is 0.271 e. The average Bonchev–Trinajstić information content (AvgIpc) is 3.20. The highest BCUT2D eigenvalue weighted by molar-refractivity contribution is 6.59. The monoisotopic (exact) mass is 382 g/mol. The first-order valence-electron chi connectivity index (χ1n) is 9.50. The number of carbonyl (C=O) groups excluding carboxylic acids is 2. The largest absolute Gasteiger partial charge is 0.329 e. The SMILES string of the molecule is CCn1c(C)nc2cc(C(=O)NN=C3C(=O)c4cccc5cccc3c45)ccc21. The maximum absolute atomic E-state index is 12.8. The van der Waals surface area contributed by atoms with E-state index in [2.05, 4.69) is 27.0 Å². The lowest BCUT2D eigenvalue weighted by Gasteiger charge is -2.04. The second-order valence-corrected chi connectivity index (χ2v) is 7.05. The van der Waals surface area contributed by atoms with Crippen LogP contribution in [0.3, 0.4) is 0 Å². The van der Waals surface area contributed by atoms with E-state index in [1.807, 2.05) is 43.3 Å². The second-order valence-electron chi connectivity index (χ2n) is 7.05. The third-order valence-corrected chi connectivity index (χ3v) is 5.41. The van der Waals surface area contributed by atoms with Gasteiger partial charge in [0.2, 0.25) is 5.78 Å². The average molecular weight is 382 g/mol. The summed E-state index contributed by atoms with van der Waals surface area (Å²) in [6.45, 7) is 4.82. The quantitative estimate of drug-likeness (QED) is 0.547. The number of amides is 1. The number of aryl methyl sites for hydroxylation is 2. The van der Waals surface area contributed by atoms with Crippen LogP contribution in [0.25, 0.3) is 21.8 Å². The van der Waals surface area contributed by atoms with Crippen molar-refractivity contribution in [3.63, 3.8) is 0 Å². The van der Waals surface area contributed by atoms with E-state index in [-0.39, 0.29) is 17.4 Å². The number of Topliss-reactive ketones (excluding diaryl/α,β-unsaturated/α-hetero) is 1. The molecular weight excluding hydrogens is 364 g/mol. The molecule has 3 aromatic carbocycles. The fourth-order valence-corrected chi connectivity index (χ4v) is 4.05. The molecule has 29 heavy (non-hydrogen) atoms. The second kappa shape index (κ2) is 6.38. The van der Waals surface area contributed by atoms with E-state index in [0.717, 1.165) is 39.7 Å². The van der Waals surface area contributed by atoms with Gasteiger partial charge >= 0.3 is 0 Å². The van der Waals surface area contributed by atoms with Gasteiger partial charge in [-0.15, -0.1) is 0 Å². The lowest BCUT2D eigenvalue weighted by Crippen LogP contribution is -2.22. The topological polar surface area (TPSA) is 76.3 Å². The first-order valence-corrected chi connectivity index (χ1v) is 9.50. The molecule has 0 bridgehead atoms. The summed E-state index contributed by atoms with van der Waals surface area (Å²) in [5, 5.41) is 6.05. The van der Waals surface area contributed by atoms with Crippen molar-refractivity contribution >= 4 is 39.2 Å². The van der Waals surface area contributed by atoms with Crippen LogP contribution in [0, 0.1) is 6.92 Å². The molecule has 0 unspecified atom stereocenters. The van der Waals surface area contributed by atoms with E-state index in [4.69, 9.17) is 0 Å². The standard InChI is InChI=1S/C23H18N4O2/c1-3-27-13(2)24-18-12-15(10-11-19(18)27)23(29)26-25-21-16-8-4-6-14-7-5-9-17(20(14)16)22(21)28/h4-12H,3H2,1-2H3,(H,26,29). The van der Waals surface area contributed by atoms with Crippen molar-refractivity contribution in [1.29, 1.82) is 0 Å². The van der Waals surface area contributed by atoms with Gasteiger partial charge in [0, 0.05) is 28.6 Å². The lowest BCUT2D eigenvalue weighted by molar-refractivity contribution is 0.0955. The summed E-state index contributed by atoms with van der Waals surface area (Å²) < 4.78 is 2.09. The third kappa shape index (κ3) is 2.56. The molecule has 0 fully saturated rings. The molecule has 1 N–H and O–H groups in total. The molecule has 0 atom stereocenters. The summed E-state index contributed by atoms with van der Waals surface area (Å²) in [5.41, 5.74) is 6.37. The number of nitrogens with one attached hydrogen (secondary N) is 1. The summed E-state index contributed by atoms with van der Waals surface area (Å²) in [7, 11) is 0. The summed E-state index contributed by atoms with van der Waals surface area (Å²) in [4.78, 5) is 30.0. The van der Waals surface area contributed by atoms with Gasteiger partial charge in [-0.25, -0.2) is 10.4 Å². The minimum atomic E-state index is -0.376. The molecule has 0 aliphatic heterocycles. The Labute approximate surface area is 166 Å². The van der Waals surface area contributed by atoms with Gasteiger partial charge in [-0.3, -0.25) is 9.59 Å². The molecule has 5 rings (SSSR count). The zero-order valence-corrected chi connectivity index (χ0v) is 16.1. The summed E-state index contributed by atoms with van der Waals surface area (Å²) in [6, 6.07) is 16.7. The van der Waals surface area contributed by atoms with Crippen molar-refractivity contribution in [1.82, 2.24) is 15.0 Å². The Morgan fingerprint density at radius 3 is 2.62 bits per heavy atom. The van der Waals surface area contributed by atoms with Crippen molar-refractivity contribution in [3.8, 4) is 0 Å². The van der Waals surface area contributed by atoms with Gasteiger partial charge in [-0.2, -0.15) is 5.10 Å². The van der Waals surface area contributed by atoms with Crippen molar-refractivity contribution in [3.05, 3.63) is 77.1 Å². The van der Waals surface area contributed by atoms with Gasteiger partial charge in [-0.1, -0.05) is 36.4 Å². The molecule has 1 aliphatic carbocycles. The van der Waals surface area contributed by atoms with Crippen LogP contribution in [0.4, 0.5) is 0 Å². The highest BCUT2D eigenvalue weighted by atomic mass is 16.2. The van der Waals surface area contributed by atoms with Crippen LogP contribution >= 0.6 is 0 Å². The van der Waals surface area contributed by atoms with Crippen LogP contribution in [0.2, 0.25) is 0 Å². The Morgan fingerprint density at radius 2 is 1.86 bits per heavy atom. The molecule has 0 radical (unpaired) electrons. The van der Waals surface area contributed by atoms with E-state index in [9.17, 15) is 9.59 Å². The fraction of sp³-hybridized carbons (Fsp3) is 0.130. The number of rotatable bonds is 3. The maximum atomic E-state index is 12.8. The number of aromatic nitrogens is 2. The van der Waals surface area contributed by atoms with Crippen LogP contribution in [0.15, 0.2) is 59.7 Å². The van der Waals surface area contributed by atoms with Gasteiger partial charge < -0.3 is 4.57 Å². The minimum absolute atomic E-state index is 0.176. The molecule has 6 nitrogen and oxygen atoms in total. The number of imidazole rings is 1. The van der Waals surface area contributed by atoms with Gasteiger partial charge in [-0.05, 0) is 37.4 Å². The van der Waals surface area contributed by atoms with Crippen LogP contribution in [-0.4, -0.2) is 27.0 Å². The first-order chi connectivity index (χ1) is 14.1. The molecular formula is C23H18N4O2. The Hall–Kier alpha value is -3.80. The Kier molecular flexibility index (Phi) is 3.81. The van der Waals surface area contributed by atoms with E-state index < -0.39 is 0 Å². The first kappa shape index (κ1) is 17.3. The van der Waals surface area contributed by atoms with Crippen molar-refractivity contribution in [2.75, 3.05) is 0 Å². The predicted octanol–water partition coefficient (Wildman–Crippen LogP) is 3.85. The molecule has 0 saturated heterocycles. The van der Waals surface area contributed by atoms with Crippen molar-refractivity contribution in [2.24, 2.45) is 5.10 Å². The fourth-order valence-electron chi connectivity index (χ4n) is 4.05. The van der Waals surface area contributed by atoms with Crippen molar-refractivity contribution in [2.45, 2.75) is 20.4 Å². The van der Waals surface area contributed by atoms with Gasteiger partial charge in [0.05, 0.1) is 11.0 Å².